The van der Waals surface area contributed by atoms with Crippen LogP contribution in [0.5, 0.6) is 11.5 Å². The maximum atomic E-state index is 11.7. The first-order chi connectivity index (χ1) is 25.2. The molecule has 54 heavy (non-hydrogen) atoms. The second-order valence-electron chi connectivity index (χ2n) is 17.8. The van der Waals surface area contributed by atoms with Gasteiger partial charge in [0.2, 0.25) is 0 Å². The molecule has 2 aromatic rings. The summed E-state index contributed by atoms with van der Waals surface area (Å²) in [6.45, 7) is 20.1. The lowest BCUT2D eigenvalue weighted by Gasteiger charge is -2.28. The van der Waals surface area contributed by atoms with Crippen molar-refractivity contribution in [2.24, 2.45) is 11.8 Å². The first-order valence-corrected chi connectivity index (χ1v) is 20.1. The number of phenolic OH excluding ortho intramolecular Hbond substituents is 1. The van der Waals surface area contributed by atoms with Crippen LogP contribution < -0.4 is 4.74 Å². The lowest BCUT2D eigenvalue weighted by atomic mass is 9.77. The first-order valence-electron chi connectivity index (χ1n) is 20.1. The molecule has 0 bridgehead atoms. The number of ether oxygens (including phenoxy) is 5. The quantitative estimate of drug-likeness (QED) is 0.127. The Labute approximate surface area is 325 Å². The summed E-state index contributed by atoms with van der Waals surface area (Å²) in [4.78, 5) is 33.7. The van der Waals surface area contributed by atoms with Crippen LogP contribution in [0.4, 0.5) is 14.4 Å². The number of aromatic hydroxyl groups is 1. The lowest BCUT2D eigenvalue weighted by molar-refractivity contribution is -0.0294. The van der Waals surface area contributed by atoms with Crippen LogP contribution in [0.1, 0.15) is 176 Å². The number of phenols is 1. The summed E-state index contributed by atoms with van der Waals surface area (Å²) < 4.78 is 24.2. The van der Waals surface area contributed by atoms with Gasteiger partial charge in [-0.05, 0) is 173 Å². The van der Waals surface area contributed by atoms with Gasteiger partial charge in [0.15, 0.2) is 0 Å². The van der Waals surface area contributed by atoms with Gasteiger partial charge in [-0.25, -0.2) is 14.4 Å². The van der Waals surface area contributed by atoms with Crippen molar-refractivity contribution in [3.63, 3.8) is 0 Å². The molecule has 0 spiro atoms. The Morgan fingerprint density at radius 3 is 1.20 bits per heavy atom. The average Bonchev–Trinajstić information content (AvgIpc) is 3.04. The van der Waals surface area contributed by atoms with Gasteiger partial charge in [0.25, 0.3) is 0 Å². The molecule has 0 aromatic heterocycles. The highest BCUT2D eigenvalue weighted by Gasteiger charge is 2.25. The van der Waals surface area contributed by atoms with Crippen molar-refractivity contribution >= 4 is 18.5 Å². The van der Waals surface area contributed by atoms with Crippen molar-refractivity contribution in [3.05, 3.63) is 59.7 Å². The fraction of sp³-hybridized carbons (Fsp3) is 0.667. The van der Waals surface area contributed by atoms with Crippen LogP contribution in [-0.4, -0.2) is 40.4 Å². The molecule has 2 saturated carbocycles. The topological polar surface area (TPSA) is 118 Å². The van der Waals surface area contributed by atoms with Crippen LogP contribution in [0, 0.1) is 11.8 Å². The van der Waals surface area contributed by atoms with Crippen LogP contribution in [0.15, 0.2) is 48.5 Å². The van der Waals surface area contributed by atoms with Gasteiger partial charge in [-0.1, -0.05) is 63.8 Å². The molecule has 2 aromatic carbocycles. The molecule has 0 aliphatic heterocycles. The number of carbonyl (C=O) groups is 3. The molecule has 9 nitrogen and oxygen atoms in total. The maximum Gasteiger partial charge on any atom is 0.519 e. The summed E-state index contributed by atoms with van der Waals surface area (Å²) in [5.41, 5.74) is 0.844. The summed E-state index contributed by atoms with van der Waals surface area (Å²) in [6, 6.07) is 15.7. The van der Waals surface area contributed by atoms with Crippen molar-refractivity contribution in [3.8, 4) is 11.5 Å². The van der Waals surface area contributed by atoms with Crippen molar-refractivity contribution in [2.75, 3.05) is 0 Å². The van der Waals surface area contributed by atoms with Crippen molar-refractivity contribution in [2.45, 2.75) is 182 Å². The van der Waals surface area contributed by atoms with Crippen molar-refractivity contribution < 1.29 is 43.2 Å². The van der Waals surface area contributed by atoms with E-state index in [0.29, 0.717) is 17.4 Å². The molecule has 1 N–H and O–H groups in total. The molecule has 0 radical (unpaired) electrons. The first kappa shape index (κ1) is 46.4. The van der Waals surface area contributed by atoms with Crippen LogP contribution in [-0.2, 0) is 18.9 Å². The zero-order valence-corrected chi connectivity index (χ0v) is 35.1. The maximum absolute atomic E-state index is 11.7. The number of benzene rings is 2. The van der Waals surface area contributed by atoms with E-state index < -0.39 is 35.3 Å². The Kier molecular flexibility index (Phi) is 18.9. The molecule has 2 fully saturated rings. The predicted molar refractivity (Wildman–Crippen MR) is 214 cm³/mol. The smallest absolute Gasteiger partial charge is 0.508 e. The van der Waals surface area contributed by atoms with E-state index in [2.05, 4.69) is 42.8 Å². The molecule has 2 aliphatic rings. The van der Waals surface area contributed by atoms with E-state index in [0.717, 1.165) is 17.8 Å². The van der Waals surface area contributed by atoms with Crippen LogP contribution in [0.3, 0.4) is 0 Å². The number of carbonyl (C=O) groups excluding carboxylic acids is 3. The van der Waals surface area contributed by atoms with E-state index in [1.165, 1.54) is 88.2 Å². The normalized spacial score (nSPS) is 20.1. The van der Waals surface area contributed by atoms with E-state index in [1.807, 2.05) is 45.0 Å². The van der Waals surface area contributed by atoms with Crippen LogP contribution in [0.25, 0.3) is 0 Å². The molecular formula is C45H70O9. The molecule has 0 atom stereocenters. The highest BCUT2D eigenvalue weighted by molar-refractivity contribution is 5.77. The Morgan fingerprint density at radius 1 is 0.537 bits per heavy atom. The predicted octanol–water partition coefficient (Wildman–Crippen LogP) is 13.4. The zero-order chi connectivity index (χ0) is 40.5. The molecule has 4 rings (SSSR count). The highest BCUT2D eigenvalue weighted by Crippen LogP contribution is 2.39. The summed E-state index contributed by atoms with van der Waals surface area (Å²) in [6.07, 6.45) is 13.3. The third-order valence-electron chi connectivity index (χ3n) is 9.34. The largest absolute Gasteiger partial charge is 0.519 e. The van der Waals surface area contributed by atoms with Crippen molar-refractivity contribution in [1.82, 2.24) is 0 Å². The van der Waals surface area contributed by atoms with Crippen molar-refractivity contribution in [1.29, 1.82) is 0 Å². The van der Waals surface area contributed by atoms with E-state index >= 15 is 0 Å². The molecule has 304 valence electrons. The standard InChI is InChI=1S/C20H30O3.C15H22O.C10H18O5/c1-5-6-15-7-9-16(10-8-15)17-11-13-18(14-12-17)22-19(21)23-20(2,3)4;1-2-3-12-4-6-13(7-5-12)14-8-10-15(16)11-9-14;1-9(2,3)14-7(11)13-8(12)15-10(4,5)6/h11-16H,5-10H2,1-4H3;8-13,16H,2-7H2,1H3;1-6H3. The van der Waals surface area contributed by atoms with E-state index in [9.17, 15) is 19.5 Å². The number of hydrogen-bond donors (Lipinski definition) is 1. The van der Waals surface area contributed by atoms with Gasteiger partial charge in [-0.15, -0.1) is 0 Å². The van der Waals surface area contributed by atoms with Gasteiger partial charge in [0.1, 0.15) is 28.3 Å². The van der Waals surface area contributed by atoms with Gasteiger partial charge in [-0.2, -0.15) is 0 Å². The molecule has 2 aliphatic carbocycles. The fourth-order valence-corrected chi connectivity index (χ4v) is 6.92. The fourth-order valence-electron chi connectivity index (χ4n) is 6.92. The van der Waals surface area contributed by atoms with Gasteiger partial charge >= 0.3 is 18.5 Å². The Hall–Kier alpha value is -3.75. The molecular weight excluding hydrogens is 684 g/mol. The average molecular weight is 755 g/mol. The summed E-state index contributed by atoms with van der Waals surface area (Å²) >= 11 is 0. The minimum Gasteiger partial charge on any atom is -0.508 e. The van der Waals surface area contributed by atoms with Gasteiger partial charge in [0.05, 0.1) is 0 Å². The third kappa shape index (κ3) is 20.1. The van der Waals surface area contributed by atoms with E-state index in [1.54, 1.807) is 41.5 Å². The number of hydrogen-bond acceptors (Lipinski definition) is 9. The minimum atomic E-state index is -1.06. The molecule has 0 amide bonds. The van der Waals surface area contributed by atoms with E-state index in [4.69, 9.17) is 18.9 Å². The van der Waals surface area contributed by atoms with Crippen LogP contribution >= 0.6 is 0 Å². The zero-order valence-electron chi connectivity index (χ0n) is 35.1. The number of rotatable bonds is 7. The Balaban J connectivity index is 0.000000290. The molecule has 0 heterocycles. The summed E-state index contributed by atoms with van der Waals surface area (Å²) in [7, 11) is 0. The monoisotopic (exact) mass is 755 g/mol. The lowest BCUT2D eigenvalue weighted by Crippen LogP contribution is -2.29. The molecule has 9 heteroatoms. The second-order valence-corrected chi connectivity index (χ2v) is 17.8. The summed E-state index contributed by atoms with van der Waals surface area (Å²) in [5, 5.41) is 9.27. The van der Waals surface area contributed by atoms with Gasteiger partial charge in [-0.3, -0.25) is 0 Å². The second kappa shape index (κ2) is 22.0. The Morgan fingerprint density at radius 2 is 0.870 bits per heavy atom. The SMILES string of the molecule is CC(C)(C)OC(=O)OC(=O)OC(C)(C)C.CCCC1CCC(c2ccc(O)cc2)CC1.CCCC1CCC(c2ccc(OC(=O)OC(C)(C)C)cc2)CC1. The minimum absolute atomic E-state index is 0.378. The van der Waals surface area contributed by atoms with E-state index in [-0.39, 0.29) is 0 Å². The van der Waals surface area contributed by atoms with Gasteiger partial charge < -0.3 is 28.8 Å². The Bertz CT molecular complexity index is 1350. The summed E-state index contributed by atoms with van der Waals surface area (Å²) in [5.74, 6) is 4.20. The van der Waals surface area contributed by atoms with Gasteiger partial charge in [0, 0.05) is 0 Å². The van der Waals surface area contributed by atoms with Crippen LogP contribution in [0.2, 0.25) is 0 Å². The molecule has 0 saturated heterocycles. The highest BCUT2D eigenvalue weighted by atomic mass is 16.8. The third-order valence-corrected chi connectivity index (χ3v) is 9.34. The molecule has 0 unspecified atom stereocenters.